The van der Waals surface area contributed by atoms with E-state index in [-0.39, 0.29) is 6.10 Å². The number of benzene rings is 1. The van der Waals surface area contributed by atoms with E-state index in [9.17, 15) is 9.90 Å². The predicted octanol–water partition coefficient (Wildman–Crippen LogP) is 3.20. The van der Waals surface area contributed by atoms with E-state index in [4.69, 9.17) is 4.74 Å². The molecule has 28 heavy (non-hydrogen) atoms. The molecule has 2 aromatic rings. The van der Waals surface area contributed by atoms with E-state index in [0.29, 0.717) is 12.3 Å². The number of carboxylic acid groups (broad SMARTS) is 1. The quantitative estimate of drug-likeness (QED) is 0.792. The topological polar surface area (TPSA) is 65.9 Å². The Morgan fingerprint density at radius 2 is 1.86 bits per heavy atom. The van der Waals surface area contributed by atoms with Crippen LogP contribution in [0.15, 0.2) is 48.8 Å². The van der Waals surface area contributed by atoms with Gasteiger partial charge in [0.1, 0.15) is 11.8 Å². The fourth-order valence-corrected chi connectivity index (χ4v) is 3.71. The van der Waals surface area contributed by atoms with E-state index < -0.39 is 12.0 Å². The molecule has 0 amide bonds. The zero-order valence-corrected chi connectivity index (χ0v) is 16.6. The van der Waals surface area contributed by atoms with E-state index in [1.54, 1.807) is 0 Å². The van der Waals surface area contributed by atoms with Gasteiger partial charge in [-0.1, -0.05) is 18.2 Å². The van der Waals surface area contributed by atoms with Crippen molar-refractivity contribution in [3.05, 3.63) is 59.9 Å². The van der Waals surface area contributed by atoms with Gasteiger partial charge in [-0.15, -0.1) is 0 Å². The molecule has 1 aliphatic heterocycles. The van der Waals surface area contributed by atoms with Gasteiger partial charge in [0, 0.05) is 44.1 Å². The maximum absolute atomic E-state index is 12.2. The number of aliphatic carboxylic acids is 1. The highest BCUT2D eigenvalue weighted by Crippen LogP contribution is 2.31. The van der Waals surface area contributed by atoms with Crippen molar-refractivity contribution in [3.63, 3.8) is 0 Å². The summed E-state index contributed by atoms with van der Waals surface area (Å²) in [4.78, 5) is 20.7. The lowest BCUT2D eigenvalue weighted by molar-refractivity contribution is -0.143. The number of rotatable bonds is 7. The Morgan fingerprint density at radius 3 is 2.57 bits per heavy atom. The molecule has 1 unspecified atom stereocenters. The van der Waals surface area contributed by atoms with Crippen molar-refractivity contribution >= 4 is 5.97 Å². The molecular weight excluding hydrogens is 354 g/mol. The summed E-state index contributed by atoms with van der Waals surface area (Å²) >= 11 is 0. The molecule has 2 heterocycles. The van der Waals surface area contributed by atoms with Crippen LogP contribution in [0.1, 0.15) is 37.4 Å². The van der Waals surface area contributed by atoms with Crippen LogP contribution in [0, 0.1) is 0 Å². The molecule has 150 valence electrons. The Labute approximate surface area is 166 Å². The first-order valence-corrected chi connectivity index (χ1v) is 9.88. The monoisotopic (exact) mass is 383 g/mol. The molecule has 0 bridgehead atoms. The molecular formula is C22H29N3O3. The number of nitrogens with zero attached hydrogens (tertiary/aromatic N) is 3. The summed E-state index contributed by atoms with van der Waals surface area (Å²) in [7, 11) is 0. The average Bonchev–Trinajstić information content (AvgIpc) is 2.89. The second-order valence-corrected chi connectivity index (χ2v) is 7.47. The van der Waals surface area contributed by atoms with Gasteiger partial charge < -0.3 is 9.84 Å². The maximum atomic E-state index is 12.2. The first-order chi connectivity index (χ1) is 13.5. The third-order valence-electron chi connectivity index (χ3n) is 4.95. The minimum Gasteiger partial charge on any atom is -0.491 e. The molecule has 1 saturated heterocycles. The van der Waals surface area contributed by atoms with Crippen LogP contribution < -0.4 is 4.74 Å². The van der Waals surface area contributed by atoms with Crippen molar-refractivity contribution in [3.8, 4) is 5.75 Å². The SMILES string of the molecule is CC(C)Oc1ccccc1C(C(=O)O)N1CCCN(Cc2ccncc2)CC1. The van der Waals surface area contributed by atoms with Crippen molar-refractivity contribution in [2.45, 2.75) is 39.0 Å². The first kappa shape index (κ1) is 20.3. The molecule has 1 aliphatic rings. The summed E-state index contributed by atoms with van der Waals surface area (Å²) in [6.07, 6.45) is 4.55. The Balaban J connectivity index is 1.74. The van der Waals surface area contributed by atoms with E-state index in [1.165, 1.54) is 5.56 Å². The van der Waals surface area contributed by atoms with Crippen LogP contribution in [0.2, 0.25) is 0 Å². The fourth-order valence-electron chi connectivity index (χ4n) is 3.71. The largest absolute Gasteiger partial charge is 0.491 e. The summed E-state index contributed by atoms with van der Waals surface area (Å²) in [5.74, 6) is -0.176. The van der Waals surface area contributed by atoms with Crippen LogP contribution in [-0.2, 0) is 11.3 Å². The van der Waals surface area contributed by atoms with Crippen LogP contribution in [0.4, 0.5) is 0 Å². The van der Waals surface area contributed by atoms with Gasteiger partial charge in [-0.05, 0) is 50.6 Å². The molecule has 1 atom stereocenters. The molecule has 0 spiro atoms. The molecule has 1 fully saturated rings. The highest BCUT2D eigenvalue weighted by molar-refractivity contribution is 5.76. The zero-order chi connectivity index (χ0) is 19.9. The summed E-state index contributed by atoms with van der Waals surface area (Å²) in [5, 5.41) is 10.0. The highest BCUT2D eigenvalue weighted by Gasteiger charge is 2.31. The third-order valence-corrected chi connectivity index (χ3v) is 4.95. The number of pyridine rings is 1. The van der Waals surface area contributed by atoms with Gasteiger partial charge in [-0.2, -0.15) is 0 Å². The van der Waals surface area contributed by atoms with Gasteiger partial charge in [0.25, 0.3) is 0 Å². The van der Waals surface area contributed by atoms with Gasteiger partial charge in [0.05, 0.1) is 6.10 Å². The molecule has 6 nitrogen and oxygen atoms in total. The van der Waals surface area contributed by atoms with Gasteiger partial charge in [0.2, 0.25) is 0 Å². The standard InChI is InChI=1S/C22H29N3O3/c1-17(2)28-20-7-4-3-6-19(20)21(22(26)27)25-13-5-12-24(14-15-25)16-18-8-10-23-11-9-18/h3-4,6-11,17,21H,5,12-16H2,1-2H3,(H,26,27). The van der Waals surface area contributed by atoms with Gasteiger partial charge in [0.15, 0.2) is 0 Å². The Hall–Kier alpha value is -2.44. The summed E-state index contributed by atoms with van der Waals surface area (Å²) in [6.45, 7) is 8.01. The average molecular weight is 383 g/mol. The summed E-state index contributed by atoms with van der Waals surface area (Å²) in [6, 6.07) is 10.9. The number of carbonyl (C=O) groups is 1. The highest BCUT2D eigenvalue weighted by atomic mass is 16.5. The Kier molecular flexibility index (Phi) is 7.01. The summed E-state index contributed by atoms with van der Waals surface area (Å²) in [5.41, 5.74) is 1.96. The lowest BCUT2D eigenvalue weighted by Crippen LogP contribution is -2.37. The lowest BCUT2D eigenvalue weighted by atomic mass is 10.0. The first-order valence-electron chi connectivity index (χ1n) is 9.88. The number of hydrogen-bond donors (Lipinski definition) is 1. The molecule has 0 saturated carbocycles. The van der Waals surface area contributed by atoms with E-state index in [1.807, 2.05) is 62.6 Å². The number of ether oxygens (including phenoxy) is 1. The third kappa shape index (κ3) is 5.30. The minimum atomic E-state index is -0.831. The van der Waals surface area contributed by atoms with Gasteiger partial charge in [-0.25, -0.2) is 0 Å². The van der Waals surface area contributed by atoms with E-state index in [0.717, 1.165) is 38.2 Å². The molecule has 1 aromatic carbocycles. The van der Waals surface area contributed by atoms with Crippen LogP contribution in [-0.4, -0.2) is 58.1 Å². The molecule has 6 heteroatoms. The number of carboxylic acids is 1. The van der Waals surface area contributed by atoms with Crippen LogP contribution in [0.3, 0.4) is 0 Å². The molecule has 1 N–H and O–H groups in total. The molecule has 0 aliphatic carbocycles. The van der Waals surface area contributed by atoms with Crippen molar-refractivity contribution in [2.75, 3.05) is 26.2 Å². The Bertz CT molecular complexity index is 767. The second kappa shape index (κ2) is 9.66. The summed E-state index contributed by atoms with van der Waals surface area (Å²) < 4.78 is 5.89. The van der Waals surface area contributed by atoms with Crippen molar-refractivity contribution < 1.29 is 14.6 Å². The lowest BCUT2D eigenvalue weighted by Gasteiger charge is -2.29. The van der Waals surface area contributed by atoms with E-state index >= 15 is 0 Å². The minimum absolute atomic E-state index is 0.00409. The zero-order valence-electron chi connectivity index (χ0n) is 16.6. The second-order valence-electron chi connectivity index (χ2n) is 7.47. The van der Waals surface area contributed by atoms with Crippen LogP contribution >= 0.6 is 0 Å². The smallest absolute Gasteiger partial charge is 0.325 e. The number of aromatic nitrogens is 1. The van der Waals surface area contributed by atoms with Crippen LogP contribution in [0.5, 0.6) is 5.75 Å². The van der Waals surface area contributed by atoms with Crippen molar-refractivity contribution in [1.29, 1.82) is 0 Å². The molecule has 1 aromatic heterocycles. The maximum Gasteiger partial charge on any atom is 0.325 e. The van der Waals surface area contributed by atoms with Crippen molar-refractivity contribution in [1.82, 2.24) is 14.8 Å². The van der Waals surface area contributed by atoms with Crippen LogP contribution in [0.25, 0.3) is 0 Å². The van der Waals surface area contributed by atoms with Crippen molar-refractivity contribution in [2.24, 2.45) is 0 Å². The molecule has 3 rings (SSSR count). The predicted molar refractivity (Wildman–Crippen MR) is 108 cm³/mol. The fraction of sp³-hybridized carbons (Fsp3) is 0.455. The molecule has 0 radical (unpaired) electrons. The number of hydrogen-bond acceptors (Lipinski definition) is 5. The normalized spacial score (nSPS) is 17.2. The van der Waals surface area contributed by atoms with Gasteiger partial charge >= 0.3 is 5.97 Å². The Morgan fingerprint density at radius 1 is 1.11 bits per heavy atom. The number of para-hydroxylation sites is 1. The van der Waals surface area contributed by atoms with Gasteiger partial charge in [-0.3, -0.25) is 19.6 Å². The van der Waals surface area contributed by atoms with E-state index in [2.05, 4.69) is 14.8 Å².